The van der Waals surface area contributed by atoms with Crippen LogP contribution < -0.4 is 0 Å². The summed E-state index contributed by atoms with van der Waals surface area (Å²) in [6, 6.07) is 25.4. The van der Waals surface area contributed by atoms with Crippen LogP contribution in [0.2, 0.25) is 0 Å². The summed E-state index contributed by atoms with van der Waals surface area (Å²) >= 11 is 0. The van der Waals surface area contributed by atoms with Crippen LogP contribution in [0.4, 0.5) is 4.39 Å². The molecule has 3 aromatic carbocycles. The molecule has 0 saturated heterocycles. The Labute approximate surface area is 212 Å². The van der Waals surface area contributed by atoms with Crippen LogP contribution in [0.3, 0.4) is 0 Å². The fourth-order valence-electron chi connectivity index (χ4n) is 5.68. The van der Waals surface area contributed by atoms with Gasteiger partial charge in [-0.25, -0.2) is 4.39 Å². The van der Waals surface area contributed by atoms with E-state index in [1.54, 1.807) is 6.07 Å². The predicted molar refractivity (Wildman–Crippen MR) is 149 cm³/mol. The molecule has 0 N–H and O–H groups in total. The quantitative estimate of drug-likeness (QED) is 0.260. The maximum atomic E-state index is 14.3. The van der Waals surface area contributed by atoms with Crippen molar-refractivity contribution in [3.8, 4) is 0 Å². The molecule has 3 aromatic rings. The van der Waals surface area contributed by atoms with Crippen LogP contribution in [0.15, 0.2) is 72.8 Å². The number of rotatable bonds is 10. The van der Waals surface area contributed by atoms with Gasteiger partial charge in [0.2, 0.25) is 0 Å². The van der Waals surface area contributed by atoms with E-state index in [1.807, 2.05) is 24.3 Å². The Bertz CT molecular complexity index is 1060. The monoisotopic (exact) mass is 468 g/mol. The van der Waals surface area contributed by atoms with Crippen molar-refractivity contribution in [2.24, 2.45) is 11.8 Å². The highest BCUT2D eigenvalue weighted by Crippen LogP contribution is 2.37. The minimum absolute atomic E-state index is 0.131. The molecule has 0 radical (unpaired) electrons. The third-order valence-corrected chi connectivity index (χ3v) is 7.90. The summed E-state index contributed by atoms with van der Waals surface area (Å²) in [6.45, 7) is 4.51. The Kier molecular flexibility index (Phi) is 9.35. The van der Waals surface area contributed by atoms with Gasteiger partial charge in [0.05, 0.1) is 0 Å². The van der Waals surface area contributed by atoms with Gasteiger partial charge in [0, 0.05) is 5.56 Å². The van der Waals surface area contributed by atoms with Crippen molar-refractivity contribution in [1.82, 2.24) is 0 Å². The molecule has 4 rings (SSSR count). The largest absolute Gasteiger partial charge is 0.206 e. The summed E-state index contributed by atoms with van der Waals surface area (Å²) < 4.78 is 14.3. The average Bonchev–Trinajstić information content (AvgIpc) is 2.89. The third-order valence-electron chi connectivity index (χ3n) is 7.90. The summed E-state index contributed by atoms with van der Waals surface area (Å²) in [5.74, 6) is 2.30. The summed E-state index contributed by atoms with van der Waals surface area (Å²) in [6.07, 6.45) is 15.2. The van der Waals surface area contributed by atoms with E-state index in [0.29, 0.717) is 11.5 Å². The van der Waals surface area contributed by atoms with E-state index in [2.05, 4.69) is 68.4 Å². The Morgan fingerprint density at radius 3 is 2.17 bits per heavy atom. The van der Waals surface area contributed by atoms with Crippen LogP contribution in [0.1, 0.15) is 92.5 Å². The molecule has 184 valence electrons. The average molecular weight is 469 g/mol. The van der Waals surface area contributed by atoms with Gasteiger partial charge in [-0.2, -0.15) is 0 Å². The number of aryl methyl sites for hydroxylation is 2. The molecule has 35 heavy (non-hydrogen) atoms. The maximum absolute atomic E-state index is 14.3. The fraction of sp³-hybridized carbons (Fsp3) is 0.412. The zero-order chi connectivity index (χ0) is 24.5. The number of hydrogen-bond acceptors (Lipinski definition) is 0. The molecule has 1 aliphatic carbocycles. The molecule has 0 nitrogen and oxygen atoms in total. The lowest BCUT2D eigenvalue weighted by Crippen LogP contribution is -2.16. The SMILES string of the molecule is CCCc1ccc(/C=C/c2ccc(CCC3CCC(CC(C)c4ccccc4)CC3)cc2)c(F)c1. The molecule has 1 saturated carbocycles. The summed E-state index contributed by atoms with van der Waals surface area (Å²) in [5.41, 5.74) is 5.75. The Morgan fingerprint density at radius 2 is 1.49 bits per heavy atom. The van der Waals surface area contributed by atoms with Gasteiger partial charge in [-0.1, -0.05) is 125 Å². The zero-order valence-corrected chi connectivity index (χ0v) is 21.6. The van der Waals surface area contributed by atoms with Gasteiger partial charge < -0.3 is 0 Å². The highest BCUT2D eigenvalue weighted by Gasteiger charge is 2.23. The van der Waals surface area contributed by atoms with Gasteiger partial charge in [-0.15, -0.1) is 0 Å². The van der Waals surface area contributed by atoms with Crippen LogP contribution in [-0.2, 0) is 12.8 Å². The van der Waals surface area contributed by atoms with Crippen molar-refractivity contribution in [1.29, 1.82) is 0 Å². The standard InChI is InChI=1S/C34H41F/c1-3-7-30-21-23-33(34(35)25-30)22-20-29-14-12-27(13-15-29)10-11-28-16-18-31(19-17-28)24-26(2)32-8-5-4-6-9-32/h4-6,8-9,12-15,20-23,25-26,28,31H,3,7,10-11,16-19,24H2,1-2H3/b22-20+. The maximum Gasteiger partial charge on any atom is 0.130 e. The molecular formula is C34H41F. The van der Waals surface area contributed by atoms with Crippen molar-refractivity contribution in [3.05, 3.63) is 106 Å². The second-order valence-electron chi connectivity index (χ2n) is 10.7. The van der Waals surface area contributed by atoms with Crippen LogP contribution in [0.5, 0.6) is 0 Å². The second-order valence-corrected chi connectivity index (χ2v) is 10.7. The van der Waals surface area contributed by atoms with E-state index in [0.717, 1.165) is 42.2 Å². The second kappa shape index (κ2) is 12.9. The van der Waals surface area contributed by atoms with Crippen molar-refractivity contribution < 1.29 is 4.39 Å². The number of halogens is 1. The molecule has 1 unspecified atom stereocenters. The first-order valence-corrected chi connectivity index (χ1v) is 13.7. The number of hydrogen-bond donors (Lipinski definition) is 0. The molecule has 0 aliphatic heterocycles. The van der Waals surface area contributed by atoms with Gasteiger partial charge in [-0.05, 0) is 71.8 Å². The minimum atomic E-state index is -0.131. The van der Waals surface area contributed by atoms with Crippen LogP contribution in [0.25, 0.3) is 12.2 Å². The molecule has 0 aromatic heterocycles. The predicted octanol–water partition coefficient (Wildman–Crippen LogP) is 9.88. The molecule has 0 amide bonds. The van der Waals surface area contributed by atoms with E-state index in [-0.39, 0.29) is 5.82 Å². The lowest BCUT2D eigenvalue weighted by atomic mass is 9.76. The van der Waals surface area contributed by atoms with Gasteiger partial charge >= 0.3 is 0 Å². The van der Waals surface area contributed by atoms with E-state index >= 15 is 0 Å². The van der Waals surface area contributed by atoms with E-state index < -0.39 is 0 Å². The van der Waals surface area contributed by atoms with Crippen molar-refractivity contribution in [2.75, 3.05) is 0 Å². The first-order chi connectivity index (χ1) is 17.1. The topological polar surface area (TPSA) is 0 Å². The molecule has 0 heterocycles. The van der Waals surface area contributed by atoms with Crippen molar-refractivity contribution >= 4 is 12.2 Å². The first-order valence-electron chi connectivity index (χ1n) is 13.7. The van der Waals surface area contributed by atoms with E-state index in [1.165, 1.54) is 49.7 Å². The zero-order valence-electron chi connectivity index (χ0n) is 21.6. The third kappa shape index (κ3) is 7.66. The van der Waals surface area contributed by atoms with Crippen LogP contribution >= 0.6 is 0 Å². The summed E-state index contributed by atoms with van der Waals surface area (Å²) in [7, 11) is 0. The van der Waals surface area contributed by atoms with Crippen LogP contribution in [-0.4, -0.2) is 0 Å². The lowest BCUT2D eigenvalue weighted by Gasteiger charge is -2.30. The molecule has 1 fully saturated rings. The molecular weight excluding hydrogens is 427 g/mol. The molecule has 1 aliphatic rings. The van der Waals surface area contributed by atoms with Crippen molar-refractivity contribution in [2.45, 2.75) is 77.6 Å². The van der Waals surface area contributed by atoms with E-state index in [9.17, 15) is 4.39 Å². The smallest absolute Gasteiger partial charge is 0.130 e. The minimum Gasteiger partial charge on any atom is -0.206 e. The Hall–Kier alpha value is -2.67. The van der Waals surface area contributed by atoms with Gasteiger partial charge in [-0.3, -0.25) is 0 Å². The summed E-state index contributed by atoms with van der Waals surface area (Å²) in [5, 5.41) is 0. The highest BCUT2D eigenvalue weighted by molar-refractivity contribution is 5.70. The van der Waals surface area contributed by atoms with E-state index in [4.69, 9.17) is 0 Å². The van der Waals surface area contributed by atoms with Gasteiger partial charge in [0.1, 0.15) is 5.82 Å². The van der Waals surface area contributed by atoms with Crippen LogP contribution in [0, 0.1) is 17.7 Å². The molecule has 1 atom stereocenters. The highest BCUT2D eigenvalue weighted by atomic mass is 19.1. The molecule has 0 bridgehead atoms. The van der Waals surface area contributed by atoms with Gasteiger partial charge in [0.25, 0.3) is 0 Å². The molecule has 1 heteroatoms. The normalized spacial score (nSPS) is 19.2. The molecule has 0 spiro atoms. The van der Waals surface area contributed by atoms with Gasteiger partial charge in [0.15, 0.2) is 0 Å². The number of benzene rings is 3. The summed E-state index contributed by atoms with van der Waals surface area (Å²) in [4.78, 5) is 0. The Balaban J connectivity index is 1.20. The van der Waals surface area contributed by atoms with Crippen molar-refractivity contribution in [3.63, 3.8) is 0 Å². The Morgan fingerprint density at radius 1 is 0.800 bits per heavy atom. The lowest BCUT2D eigenvalue weighted by molar-refractivity contribution is 0.245. The first kappa shape index (κ1) is 25.4. The fourth-order valence-corrected chi connectivity index (χ4v) is 5.68.